The van der Waals surface area contributed by atoms with Crippen LogP contribution in [0, 0.1) is 5.82 Å². The molecule has 1 aromatic carbocycles. The summed E-state index contributed by atoms with van der Waals surface area (Å²) >= 11 is 1.77. The van der Waals surface area contributed by atoms with Crippen LogP contribution in [0.5, 0.6) is 0 Å². The molecular weight excluding hydrogens is 265 g/mol. The zero-order chi connectivity index (χ0) is 14.4. The molecule has 0 heterocycles. The van der Waals surface area contributed by atoms with Crippen molar-refractivity contribution in [3.05, 3.63) is 29.6 Å². The van der Waals surface area contributed by atoms with Crippen molar-refractivity contribution in [3.8, 4) is 0 Å². The van der Waals surface area contributed by atoms with Gasteiger partial charge in [0.05, 0.1) is 11.3 Å². The van der Waals surface area contributed by atoms with Gasteiger partial charge in [-0.3, -0.25) is 0 Å². The fourth-order valence-electron chi connectivity index (χ4n) is 1.83. The van der Waals surface area contributed by atoms with Crippen LogP contribution in [-0.4, -0.2) is 36.1 Å². The summed E-state index contributed by atoms with van der Waals surface area (Å²) in [6.07, 6.45) is 3.03. The number of rotatable bonds is 6. The van der Waals surface area contributed by atoms with Gasteiger partial charge in [0.25, 0.3) is 0 Å². The topological polar surface area (TPSA) is 61.8 Å². The van der Waals surface area contributed by atoms with Crippen molar-refractivity contribution in [2.24, 2.45) is 10.9 Å². The van der Waals surface area contributed by atoms with Gasteiger partial charge in [-0.05, 0) is 37.5 Å². The molecule has 4 nitrogen and oxygen atoms in total. The maximum Gasteiger partial charge on any atom is 0.175 e. The number of hydrogen-bond acceptors (Lipinski definition) is 4. The van der Waals surface area contributed by atoms with E-state index in [1.165, 1.54) is 6.07 Å². The Kier molecular flexibility index (Phi) is 5.95. The first kappa shape index (κ1) is 15.6. The maximum atomic E-state index is 13.9. The van der Waals surface area contributed by atoms with E-state index in [4.69, 9.17) is 10.9 Å². The molecule has 106 valence electrons. The lowest BCUT2D eigenvalue weighted by atomic mass is 10.1. The van der Waals surface area contributed by atoms with E-state index in [2.05, 4.69) is 18.3 Å². The average molecular weight is 285 g/mol. The molecule has 1 aromatic rings. The zero-order valence-electron chi connectivity index (χ0n) is 11.4. The van der Waals surface area contributed by atoms with E-state index in [1.54, 1.807) is 23.9 Å². The molecule has 0 aromatic heterocycles. The second-order valence-electron chi connectivity index (χ2n) is 4.36. The van der Waals surface area contributed by atoms with Crippen LogP contribution in [0.2, 0.25) is 0 Å². The molecule has 19 heavy (non-hydrogen) atoms. The second-order valence-corrected chi connectivity index (χ2v) is 5.35. The Hall–Kier alpha value is -1.43. The number of hydrogen-bond donors (Lipinski definition) is 2. The molecule has 0 aliphatic carbocycles. The third-order valence-electron chi connectivity index (χ3n) is 3.14. The van der Waals surface area contributed by atoms with Crippen molar-refractivity contribution in [3.63, 3.8) is 0 Å². The summed E-state index contributed by atoms with van der Waals surface area (Å²) in [4.78, 5) is 1.95. The molecule has 0 fully saturated rings. The summed E-state index contributed by atoms with van der Waals surface area (Å²) in [5.74, 6) is 0.327. The largest absolute Gasteiger partial charge is 0.409 e. The predicted octanol–water partition coefficient (Wildman–Crippen LogP) is 2.50. The Morgan fingerprint density at radius 1 is 1.58 bits per heavy atom. The molecule has 6 heteroatoms. The molecule has 0 aliphatic heterocycles. The average Bonchev–Trinajstić information content (AvgIpc) is 2.42. The monoisotopic (exact) mass is 285 g/mol. The van der Waals surface area contributed by atoms with Crippen LogP contribution in [0.15, 0.2) is 23.4 Å². The SMILES string of the molecule is CSCCC(C)N(C)c1cccc(F)c1/C(N)=N/O. The number of halogens is 1. The molecular formula is C13H20FN3OS. The summed E-state index contributed by atoms with van der Waals surface area (Å²) in [6, 6.07) is 4.93. The van der Waals surface area contributed by atoms with Crippen LogP contribution in [-0.2, 0) is 0 Å². The minimum atomic E-state index is -0.489. The van der Waals surface area contributed by atoms with Crippen LogP contribution < -0.4 is 10.6 Å². The van der Waals surface area contributed by atoms with E-state index in [9.17, 15) is 4.39 Å². The number of nitrogens with zero attached hydrogens (tertiary/aromatic N) is 2. The van der Waals surface area contributed by atoms with Gasteiger partial charge >= 0.3 is 0 Å². The van der Waals surface area contributed by atoms with Gasteiger partial charge < -0.3 is 15.8 Å². The Morgan fingerprint density at radius 3 is 2.84 bits per heavy atom. The normalized spacial score (nSPS) is 13.4. The van der Waals surface area contributed by atoms with Crippen LogP contribution >= 0.6 is 11.8 Å². The van der Waals surface area contributed by atoms with Crippen molar-refractivity contribution in [2.45, 2.75) is 19.4 Å². The summed E-state index contributed by atoms with van der Waals surface area (Å²) < 4.78 is 13.9. The van der Waals surface area contributed by atoms with Gasteiger partial charge in [-0.1, -0.05) is 11.2 Å². The molecule has 0 saturated heterocycles. The number of anilines is 1. The Morgan fingerprint density at radius 2 is 2.26 bits per heavy atom. The summed E-state index contributed by atoms with van der Waals surface area (Å²) in [7, 11) is 1.88. The highest BCUT2D eigenvalue weighted by Gasteiger charge is 2.18. The molecule has 1 atom stereocenters. The number of thioether (sulfide) groups is 1. The fourth-order valence-corrected chi connectivity index (χ4v) is 2.41. The first-order chi connectivity index (χ1) is 9.02. The van der Waals surface area contributed by atoms with Gasteiger partial charge in [-0.15, -0.1) is 0 Å². The zero-order valence-corrected chi connectivity index (χ0v) is 12.2. The maximum absolute atomic E-state index is 13.9. The first-order valence-corrected chi connectivity index (χ1v) is 7.40. The third kappa shape index (κ3) is 3.76. The van der Waals surface area contributed by atoms with E-state index < -0.39 is 5.82 Å². The van der Waals surface area contributed by atoms with Gasteiger partial charge in [0.2, 0.25) is 0 Å². The van der Waals surface area contributed by atoms with Crippen LogP contribution in [0.4, 0.5) is 10.1 Å². The number of benzene rings is 1. The first-order valence-electron chi connectivity index (χ1n) is 6.01. The molecule has 0 amide bonds. The lowest BCUT2D eigenvalue weighted by Gasteiger charge is -2.28. The van der Waals surface area contributed by atoms with Gasteiger partial charge in [-0.2, -0.15) is 11.8 Å². The van der Waals surface area contributed by atoms with Gasteiger partial charge in [0.15, 0.2) is 5.84 Å². The molecule has 0 saturated carbocycles. The van der Waals surface area contributed by atoms with Crippen LogP contribution in [0.3, 0.4) is 0 Å². The smallest absolute Gasteiger partial charge is 0.175 e. The molecule has 0 radical (unpaired) electrons. The molecule has 0 aliphatic rings. The van der Waals surface area contributed by atoms with Crippen molar-refractivity contribution in [1.29, 1.82) is 0 Å². The van der Waals surface area contributed by atoms with E-state index in [0.29, 0.717) is 5.69 Å². The fraction of sp³-hybridized carbons (Fsp3) is 0.462. The molecule has 0 spiro atoms. The molecule has 0 bridgehead atoms. The van der Waals surface area contributed by atoms with Crippen LogP contribution in [0.1, 0.15) is 18.9 Å². The Bertz CT molecular complexity index is 454. The minimum Gasteiger partial charge on any atom is -0.409 e. The minimum absolute atomic E-state index is 0.142. The lowest BCUT2D eigenvalue weighted by molar-refractivity contribution is 0.318. The number of oxime groups is 1. The van der Waals surface area contributed by atoms with Gasteiger partial charge in [0.1, 0.15) is 5.82 Å². The third-order valence-corrected chi connectivity index (χ3v) is 3.78. The Labute approximate surface area is 117 Å². The van der Waals surface area contributed by atoms with E-state index in [0.717, 1.165) is 12.2 Å². The highest BCUT2D eigenvalue weighted by molar-refractivity contribution is 7.98. The van der Waals surface area contributed by atoms with Crippen molar-refractivity contribution in [2.75, 3.05) is 24.0 Å². The molecule has 3 N–H and O–H groups in total. The number of amidine groups is 1. The highest BCUT2D eigenvalue weighted by Crippen LogP contribution is 2.24. The highest BCUT2D eigenvalue weighted by atomic mass is 32.2. The summed E-state index contributed by atoms with van der Waals surface area (Å²) in [5.41, 5.74) is 6.33. The van der Waals surface area contributed by atoms with Gasteiger partial charge in [-0.25, -0.2) is 4.39 Å². The standard InChI is InChI=1S/C13H20FN3OS/c1-9(7-8-19-3)17(2)11-6-4-5-10(14)12(11)13(15)16-18/h4-6,9,18H,7-8H2,1-3H3,(H2,15,16). The predicted molar refractivity (Wildman–Crippen MR) is 79.8 cm³/mol. The van der Waals surface area contributed by atoms with E-state index >= 15 is 0 Å². The summed E-state index contributed by atoms with van der Waals surface area (Å²) in [5, 5.41) is 11.7. The molecule has 1 rings (SSSR count). The Balaban J connectivity index is 3.09. The molecule has 1 unspecified atom stereocenters. The van der Waals surface area contributed by atoms with Crippen LogP contribution in [0.25, 0.3) is 0 Å². The van der Waals surface area contributed by atoms with E-state index in [1.807, 2.05) is 11.9 Å². The summed E-state index contributed by atoms with van der Waals surface area (Å²) in [6.45, 7) is 2.07. The van der Waals surface area contributed by atoms with Crippen molar-refractivity contribution >= 4 is 23.3 Å². The van der Waals surface area contributed by atoms with E-state index in [-0.39, 0.29) is 17.4 Å². The van der Waals surface area contributed by atoms with Crippen molar-refractivity contribution < 1.29 is 9.60 Å². The second kappa shape index (κ2) is 7.23. The van der Waals surface area contributed by atoms with Crippen molar-refractivity contribution in [1.82, 2.24) is 0 Å². The quantitative estimate of drug-likeness (QED) is 0.365. The number of nitrogens with two attached hydrogens (primary N) is 1. The van der Waals surface area contributed by atoms with Gasteiger partial charge in [0, 0.05) is 13.1 Å². The lowest BCUT2D eigenvalue weighted by Crippen LogP contribution is -2.32.